The number of carbonyl (C=O) groups excluding carboxylic acids is 1. The molecule has 7 nitrogen and oxygen atoms in total. The predicted octanol–water partition coefficient (Wildman–Crippen LogP) is 6.33. The van der Waals surface area contributed by atoms with Crippen molar-refractivity contribution < 1.29 is 19.0 Å². The van der Waals surface area contributed by atoms with E-state index in [-0.39, 0.29) is 18.4 Å². The molecule has 3 aromatic carbocycles. The Hall–Kier alpha value is -4.26. The van der Waals surface area contributed by atoms with E-state index >= 15 is 0 Å². The number of methoxy groups -OCH3 is 1. The molecule has 4 aromatic rings. The average Bonchev–Trinajstić information content (AvgIpc) is 2.84. The Bertz CT molecular complexity index is 1340. The molecular weight excluding hydrogens is 454 g/mol. The van der Waals surface area contributed by atoms with E-state index < -0.39 is 5.91 Å². The molecule has 0 fully saturated rings. The third-order valence-corrected chi connectivity index (χ3v) is 5.71. The van der Waals surface area contributed by atoms with Gasteiger partial charge in [-0.15, -0.1) is 0 Å². The number of primary amides is 1. The van der Waals surface area contributed by atoms with Crippen molar-refractivity contribution in [3.63, 3.8) is 0 Å². The first kappa shape index (κ1) is 24.9. The summed E-state index contributed by atoms with van der Waals surface area (Å²) in [6, 6.07) is 21.6. The Morgan fingerprint density at radius 1 is 0.917 bits per heavy atom. The Labute approximate surface area is 211 Å². The smallest absolute Gasteiger partial charge is 0.220 e. The molecule has 0 bridgehead atoms. The number of ether oxygens (including phenoxy) is 3. The van der Waals surface area contributed by atoms with Crippen LogP contribution in [0, 0.1) is 0 Å². The highest BCUT2D eigenvalue weighted by Crippen LogP contribution is 2.37. The highest BCUT2D eigenvalue weighted by molar-refractivity contribution is 5.88. The summed E-state index contributed by atoms with van der Waals surface area (Å²) in [4.78, 5) is 15.4. The van der Waals surface area contributed by atoms with Gasteiger partial charge in [-0.3, -0.25) is 9.78 Å². The summed E-state index contributed by atoms with van der Waals surface area (Å²) < 4.78 is 17.3. The van der Waals surface area contributed by atoms with Crippen LogP contribution in [0.5, 0.6) is 23.0 Å². The van der Waals surface area contributed by atoms with Gasteiger partial charge in [-0.25, -0.2) is 0 Å². The van der Waals surface area contributed by atoms with Crippen molar-refractivity contribution in [3.8, 4) is 23.0 Å². The highest BCUT2D eigenvalue weighted by Gasteiger charge is 2.14. The van der Waals surface area contributed by atoms with Crippen LogP contribution in [0.4, 0.5) is 11.4 Å². The van der Waals surface area contributed by atoms with Crippen LogP contribution in [0.25, 0.3) is 10.9 Å². The SMILES string of the molecule is COc1cc2c(Oc3ccc(Nc4ccc(C(C)(C)C)cc4)cc3)ccnc2cc1OCCC(N)=O. The minimum atomic E-state index is -0.428. The molecule has 0 radical (unpaired) electrons. The quantitative estimate of drug-likeness (QED) is 0.288. The van der Waals surface area contributed by atoms with Gasteiger partial charge in [0.05, 0.1) is 25.7 Å². The second kappa shape index (κ2) is 10.6. The lowest BCUT2D eigenvalue weighted by Gasteiger charge is -2.19. The summed E-state index contributed by atoms with van der Waals surface area (Å²) in [5, 5.41) is 4.20. The van der Waals surface area contributed by atoms with E-state index in [0.29, 0.717) is 28.5 Å². The van der Waals surface area contributed by atoms with E-state index in [1.54, 1.807) is 25.4 Å². The molecule has 0 aliphatic heterocycles. The number of fused-ring (bicyclic) bond motifs is 1. The maximum atomic E-state index is 11.0. The van der Waals surface area contributed by atoms with Crippen LogP contribution in [0.15, 0.2) is 72.9 Å². The van der Waals surface area contributed by atoms with Gasteiger partial charge in [-0.2, -0.15) is 0 Å². The Morgan fingerprint density at radius 2 is 1.58 bits per heavy atom. The molecule has 1 heterocycles. The van der Waals surface area contributed by atoms with E-state index in [9.17, 15) is 4.79 Å². The molecule has 0 saturated heterocycles. The normalized spacial score (nSPS) is 11.2. The lowest BCUT2D eigenvalue weighted by molar-refractivity contribution is -0.118. The molecule has 36 heavy (non-hydrogen) atoms. The van der Waals surface area contributed by atoms with Crippen molar-refractivity contribution in [1.82, 2.24) is 4.98 Å². The van der Waals surface area contributed by atoms with Gasteiger partial charge in [0.2, 0.25) is 5.91 Å². The van der Waals surface area contributed by atoms with Crippen molar-refractivity contribution in [2.75, 3.05) is 19.0 Å². The first-order valence-corrected chi connectivity index (χ1v) is 11.8. The molecule has 0 aliphatic carbocycles. The number of pyridine rings is 1. The van der Waals surface area contributed by atoms with Crippen molar-refractivity contribution in [2.45, 2.75) is 32.6 Å². The van der Waals surface area contributed by atoms with Crippen molar-refractivity contribution in [3.05, 3.63) is 78.5 Å². The molecule has 0 unspecified atom stereocenters. The molecule has 3 N–H and O–H groups in total. The number of benzene rings is 3. The number of nitrogens with two attached hydrogens (primary N) is 1. The monoisotopic (exact) mass is 485 g/mol. The molecule has 0 aliphatic rings. The average molecular weight is 486 g/mol. The molecule has 0 atom stereocenters. The zero-order chi connectivity index (χ0) is 25.7. The first-order valence-electron chi connectivity index (χ1n) is 11.8. The van der Waals surface area contributed by atoms with E-state index in [4.69, 9.17) is 19.9 Å². The molecule has 186 valence electrons. The molecule has 1 amide bonds. The number of hydrogen-bond donors (Lipinski definition) is 2. The van der Waals surface area contributed by atoms with Crippen LogP contribution in [0.2, 0.25) is 0 Å². The summed E-state index contributed by atoms with van der Waals surface area (Å²) in [6.07, 6.45) is 1.79. The summed E-state index contributed by atoms with van der Waals surface area (Å²) in [5.41, 5.74) is 9.28. The van der Waals surface area contributed by atoms with Crippen LogP contribution in [0.3, 0.4) is 0 Å². The molecule has 7 heteroatoms. The fourth-order valence-electron chi connectivity index (χ4n) is 3.70. The van der Waals surface area contributed by atoms with Crippen molar-refractivity contribution in [2.24, 2.45) is 5.73 Å². The first-order chi connectivity index (χ1) is 17.2. The van der Waals surface area contributed by atoms with Gasteiger partial charge in [0.15, 0.2) is 11.5 Å². The Morgan fingerprint density at radius 3 is 2.19 bits per heavy atom. The van der Waals surface area contributed by atoms with Gasteiger partial charge in [0.1, 0.15) is 11.5 Å². The van der Waals surface area contributed by atoms with Crippen LogP contribution in [-0.2, 0) is 10.2 Å². The highest BCUT2D eigenvalue weighted by atomic mass is 16.5. The van der Waals surface area contributed by atoms with E-state index in [2.05, 4.69) is 55.3 Å². The van der Waals surface area contributed by atoms with Crippen LogP contribution >= 0.6 is 0 Å². The van der Waals surface area contributed by atoms with Crippen molar-refractivity contribution in [1.29, 1.82) is 0 Å². The third kappa shape index (κ3) is 6.05. The summed E-state index contributed by atoms with van der Waals surface area (Å²) >= 11 is 0. The topological polar surface area (TPSA) is 95.7 Å². The molecule has 0 saturated carbocycles. The third-order valence-electron chi connectivity index (χ3n) is 5.71. The standard InChI is InChI=1S/C29H31N3O4/c1-29(2,3)19-5-7-20(8-6-19)32-21-9-11-22(12-10-21)36-25-13-15-31-24-18-27(35-16-14-28(30)33)26(34-4)17-23(24)25/h5-13,15,17-18,32H,14,16H2,1-4H3,(H2,30,33). The number of anilines is 2. The fourth-order valence-corrected chi connectivity index (χ4v) is 3.70. The number of nitrogens with one attached hydrogen (secondary N) is 1. The van der Waals surface area contributed by atoms with Gasteiger partial charge in [-0.05, 0) is 59.5 Å². The van der Waals surface area contributed by atoms with E-state index in [1.807, 2.05) is 30.3 Å². The minimum Gasteiger partial charge on any atom is -0.493 e. The number of amides is 1. The number of carbonyl (C=O) groups is 1. The summed E-state index contributed by atoms with van der Waals surface area (Å²) in [7, 11) is 1.56. The van der Waals surface area contributed by atoms with Gasteiger partial charge in [0, 0.05) is 29.0 Å². The molecule has 4 rings (SSSR count). The summed E-state index contributed by atoms with van der Waals surface area (Å²) in [6.45, 7) is 6.77. The largest absolute Gasteiger partial charge is 0.493 e. The number of nitrogens with zero attached hydrogens (tertiary/aromatic N) is 1. The van der Waals surface area contributed by atoms with Crippen LogP contribution in [-0.4, -0.2) is 24.6 Å². The number of hydrogen-bond acceptors (Lipinski definition) is 6. The molecule has 1 aromatic heterocycles. The Balaban J connectivity index is 1.49. The minimum absolute atomic E-state index is 0.116. The fraction of sp³-hybridized carbons (Fsp3) is 0.241. The van der Waals surface area contributed by atoms with Gasteiger partial charge in [-0.1, -0.05) is 32.9 Å². The number of rotatable bonds is 9. The van der Waals surface area contributed by atoms with Gasteiger partial charge >= 0.3 is 0 Å². The maximum absolute atomic E-state index is 11.0. The van der Waals surface area contributed by atoms with E-state index in [1.165, 1.54) is 5.56 Å². The van der Waals surface area contributed by atoms with Crippen LogP contribution in [0.1, 0.15) is 32.8 Å². The lowest BCUT2D eigenvalue weighted by Crippen LogP contribution is -2.14. The zero-order valence-electron chi connectivity index (χ0n) is 21.0. The molecule has 0 spiro atoms. The van der Waals surface area contributed by atoms with Gasteiger partial charge < -0.3 is 25.3 Å². The zero-order valence-corrected chi connectivity index (χ0v) is 21.0. The van der Waals surface area contributed by atoms with Crippen LogP contribution < -0.4 is 25.3 Å². The predicted molar refractivity (Wildman–Crippen MR) is 143 cm³/mol. The maximum Gasteiger partial charge on any atom is 0.220 e. The second-order valence-corrected chi connectivity index (χ2v) is 9.47. The lowest BCUT2D eigenvalue weighted by atomic mass is 9.87. The second-order valence-electron chi connectivity index (χ2n) is 9.47. The van der Waals surface area contributed by atoms with Crippen molar-refractivity contribution >= 4 is 28.2 Å². The summed E-state index contributed by atoms with van der Waals surface area (Å²) in [5.74, 6) is 1.91. The molecular formula is C29H31N3O4. The Kier molecular flexibility index (Phi) is 7.29. The van der Waals surface area contributed by atoms with E-state index in [0.717, 1.165) is 16.8 Å². The number of aromatic nitrogens is 1. The van der Waals surface area contributed by atoms with Gasteiger partial charge in [0.25, 0.3) is 0 Å².